The van der Waals surface area contributed by atoms with E-state index < -0.39 is 12.1 Å². The summed E-state index contributed by atoms with van der Waals surface area (Å²) in [6, 6.07) is 14.0. The number of aromatic carboxylic acids is 1. The van der Waals surface area contributed by atoms with Crippen LogP contribution < -0.4 is 5.32 Å². The fourth-order valence-electron chi connectivity index (χ4n) is 1.81. The van der Waals surface area contributed by atoms with E-state index in [0.717, 1.165) is 5.56 Å². The van der Waals surface area contributed by atoms with Crippen molar-refractivity contribution in [2.75, 3.05) is 5.32 Å². The minimum absolute atomic E-state index is 0.149. The number of rotatable bonds is 4. The summed E-state index contributed by atoms with van der Waals surface area (Å²) in [4.78, 5) is 22.7. The highest BCUT2D eigenvalue weighted by molar-refractivity contribution is 5.92. The first-order valence-corrected chi connectivity index (χ1v) is 6.38. The molecule has 0 saturated heterocycles. The van der Waals surface area contributed by atoms with Gasteiger partial charge in [-0.1, -0.05) is 36.4 Å². The summed E-state index contributed by atoms with van der Waals surface area (Å²) in [5, 5.41) is 11.5. The average Bonchev–Trinajstić information content (AvgIpc) is 2.48. The number of anilines is 1. The number of amides is 1. The van der Waals surface area contributed by atoms with E-state index in [1.165, 1.54) is 6.07 Å². The topological polar surface area (TPSA) is 75.6 Å². The third-order valence-electron chi connectivity index (χ3n) is 2.93. The zero-order valence-corrected chi connectivity index (χ0v) is 11.5. The van der Waals surface area contributed by atoms with E-state index in [-0.39, 0.29) is 12.2 Å². The van der Waals surface area contributed by atoms with Gasteiger partial charge in [0.25, 0.3) is 0 Å². The lowest BCUT2D eigenvalue weighted by Gasteiger charge is -2.09. The quantitative estimate of drug-likeness (QED) is 0.902. The molecule has 0 aromatic heterocycles. The second-order valence-electron chi connectivity index (χ2n) is 4.52. The van der Waals surface area contributed by atoms with Crippen molar-refractivity contribution in [1.82, 2.24) is 0 Å². The van der Waals surface area contributed by atoms with E-state index in [4.69, 9.17) is 9.84 Å². The van der Waals surface area contributed by atoms with Crippen LogP contribution in [0.1, 0.15) is 21.5 Å². The fraction of sp³-hybridized carbons (Fsp3) is 0.125. The Labute approximate surface area is 122 Å². The molecule has 5 nitrogen and oxygen atoms in total. The Morgan fingerprint density at radius 3 is 2.52 bits per heavy atom. The molecule has 0 radical (unpaired) electrons. The van der Waals surface area contributed by atoms with Crippen molar-refractivity contribution < 1.29 is 19.4 Å². The van der Waals surface area contributed by atoms with Gasteiger partial charge in [-0.15, -0.1) is 0 Å². The van der Waals surface area contributed by atoms with Gasteiger partial charge in [-0.25, -0.2) is 9.59 Å². The predicted molar refractivity (Wildman–Crippen MR) is 78.4 cm³/mol. The van der Waals surface area contributed by atoms with Crippen molar-refractivity contribution in [3.8, 4) is 0 Å². The van der Waals surface area contributed by atoms with Gasteiger partial charge in [0.1, 0.15) is 6.61 Å². The maximum atomic E-state index is 11.7. The van der Waals surface area contributed by atoms with Gasteiger partial charge < -0.3 is 9.84 Å². The molecular weight excluding hydrogens is 270 g/mol. The number of benzene rings is 2. The summed E-state index contributed by atoms with van der Waals surface area (Å²) in [6.45, 7) is 1.85. The number of carboxylic acid groups (broad SMARTS) is 1. The minimum atomic E-state index is -1.03. The highest BCUT2D eigenvalue weighted by Crippen LogP contribution is 2.15. The lowest BCUT2D eigenvalue weighted by Crippen LogP contribution is -2.14. The lowest BCUT2D eigenvalue weighted by molar-refractivity contribution is 0.0696. The Hall–Kier alpha value is -2.82. The number of hydrogen-bond donors (Lipinski definition) is 2. The van der Waals surface area contributed by atoms with Gasteiger partial charge in [0.15, 0.2) is 0 Å². The van der Waals surface area contributed by atoms with E-state index in [2.05, 4.69) is 5.32 Å². The number of hydrogen-bond acceptors (Lipinski definition) is 3. The molecular formula is C16H15NO4. The van der Waals surface area contributed by atoms with Gasteiger partial charge in [-0.3, -0.25) is 5.32 Å². The minimum Gasteiger partial charge on any atom is -0.478 e. The van der Waals surface area contributed by atoms with Crippen LogP contribution in [0.25, 0.3) is 0 Å². The molecule has 0 aliphatic rings. The lowest BCUT2D eigenvalue weighted by atomic mass is 10.1. The second-order valence-corrected chi connectivity index (χ2v) is 4.52. The number of carboxylic acids is 1. The Morgan fingerprint density at radius 2 is 1.86 bits per heavy atom. The summed E-state index contributed by atoms with van der Waals surface area (Å²) in [7, 11) is 0. The van der Waals surface area contributed by atoms with Crippen LogP contribution in [0.3, 0.4) is 0 Å². The van der Waals surface area contributed by atoms with Gasteiger partial charge in [0.2, 0.25) is 0 Å². The molecule has 2 aromatic carbocycles. The molecule has 0 unspecified atom stereocenters. The molecule has 0 spiro atoms. The third kappa shape index (κ3) is 4.07. The largest absolute Gasteiger partial charge is 0.478 e. The molecule has 2 rings (SSSR count). The van der Waals surface area contributed by atoms with Crippen LogP contribution >= 0.6 is 0 Å². The molecule has 0 heterocycles. The number of ether oxygens (including phenoxy) is 1. The Balaban J connectivity index is 1.97. The number of nitrogens with one attached hydrogen (secondary N) is 1. The van der Waals surface area contributed by atoms with Crippen LogP contribution in [0.5, 0.6) is 0 Å². The van der Waals surface area contributed by atoms with Crippen molar-refractivity contribution in [2.45, 2.75) is 13.5 Å². The summed E-state index contributed by atoms with van der Waals surface area (Å²) < 4.78 is 5.07. The molecule has 2 aromatic rings. The smallest absolute Gasteiger partial charge is 0.411 e. The molecule has 2 N–H and O–H groups in total. The van der Waals surface area contributed by atoms with Crippen molar-refractivity contribution in [3.63, 3.8) is 0 Å². The maximum absolute atomic E-state index is 11.7. The second kappa shape index (κ2) is 6.56. The summed E-state index contributed by atoms with van der Waals surface area (Å²) >= 11 is 0. The maximum Gasteiger partial charge on any atom is 0.411 e. The van der Waals surface area contributed by atoms with Gasteiger partial charge in [0, 0.05) is 5.69 Å². The van der Waals surface area contributed by atoms with E-state index in [1.54, 1.807) is 19.1 Å². The van der Waals surface area contributed by atoms with E-state index in [1.807, 2.05) is 30.3 Å². The normalized spacial score (nSPS) is 9.95. The van der Waals surface area contributed by atoms with Crippen molar-refractivity contribution in [1.29, 1.82) is 0 Å². The van der Waals surface area contributed by atoms with Crippen LogP contribution in [0.15, 0.2) is 48.5 Å². The van der Waals surface area contributed by atoms with Gasteiger partial charge in [-0.2, -0.15) is 0 Å². The molecule has 0 atom stereocenters. The predicted octanol–water partition coefficient (Wildman–Crippen LogP) is 3.44. The van der Waals surface area contributed by atoms with Crippen LogP contribution in [0.2, 0.25) is 0 Å². The molecule has 108 valence electrons. The van der Waals surface area contributed by atoms with Crippen molar-refractivity contribution in [2.24, 2.45) is 0 Å². The average molecular weight is 285 g/mol. The van der Waals surface area contributed by atoms with Crippen LogP contribution in [-0.2, 0) is 11.3 Å². The molecule has 0 bridgehead atoms. The summed E-state index contributed by atoms with van der Waals surface area (Å²) in [5.41, 5.74) is 2.04. The first kappa shape index (κ1) is 14.6. The Kier molecular flexibility index (Phi) is 4.56. The van der Waals surface area contributed by atoms with E-state index in [0.29, 0.717) is 11.3 Å². The number of carbonyl (C=O) groups is 2. The van der Waals surface area contributed by atoms with E-state index in [9.17, 15) is 9.59 Å². The zero-order valence-electron chi connectivity index (χ0n) is 11.5. The van der Waals surface area contributed by atoms with Crippen molar-refractivity contribution >= 4 is 17.7 Å². The molecule has 1 amide bonds. The standard InChI is InChI=1S/C16H15NO4/c1-11-7-8-13(9-14(11)15(18)19)17-16(20)21-10-12-5-3-2-4-6-12/h2-9H,10H2,1H3,(H,17,20)(H,18,19). The molecule has 0 saturated carbocycles. The van der Waals surface area contributed by atoms with Gasteiger partial charge >= 0.3 is 12.1 Å². The van der Waals surface area contributed by atoms with Gasteiger partial charge in [-0.05, 0) is 30.2 Å². The van der Waals surface area contributed by atoms with Crippen LogP contribution in [0, 0.1) is 6.92 Å². The molecule has 0 aliphatic heterocycles. The first-order valence-electron chi connectivity index (χ1n) is 6.38. The Morgan fingerprint density at radius 1 is 1.14 bits per heavy atom. The van der Waals surface area contributed by atoms with Crippen LogP contribution in [-0.4, -0.2) is 17.2 Å². The van der Waals surface area contributed by atoms with E-state index >= 15 is 0 Å². The molecule has 21 heavy (non-hydrogen) atoms. The van der Waals surface area contributed by atoms with Gasteiger partial charge in [0.05, 0.1) is 5.56 Å². The summed E-state index contributed by atoms with van der Waals surface area (Å²) in [5.74, 6) is -1.03. The molecule has 0 aliphatic carbocycles. The molecule has 5 heteroatoms. The van der Waals surface area contributed by atoms with Crippen molar-refractivity contribution in [3.05, 3.63) is 65.2 Å². The first-order chi connectivity index (χ1) is 10.1. The number of carbonyl (C=O) groups excluding carboxylic acids is 1. The highest BCUT2D eigenvalue weighted by Gasteiger charge is 2.10. The zero-order chi connectivity index (χ0) is 15.2. The number of aryl methyl sites for hydroxylation is 1. The fourth-order valence-corrected chi connectivity index (χ4v) is 1.81. The highest BCUT2D eigenvalue weighted by atomic mass is 16.5. The SMILES string of the molecule is Cc1ccc(NC(=O)OCc2ccccc2)cc1C(=O)O. The molecule has 0 fully saturated rings. The Bertz CT molecular complexity index is 653. The third-order valence-corrected chi connectivity index (χ3v) is 2.93. The monoisotopic (exact) mass is 285 g/mol. The summed E-state index contributed by atoms with van der Waals surface area (Å²) in [6.07, 6.45) is -0.626. The van der Waals surface area contributed by atoms with Crippen LogP contribution in [0.4, 0.5) is 10.5 Å².